The van der Waals surface area contributed by atoms with Gasteiger partial charge in [0.05, 0.1) is 24.4 Å². The molecule has 1 aromatic rings. The van der Waals surface area contributed by atoms with Crippen molar-refractivity contribution < 1.29 is 58.2 Å². The number of aliphatic hydroxyl groups excluding tert-OH is 2. The summed E-state index contributed by atoms with van der Waals surface area (Å²) in [5, 5.41) is 45.9. The first-order chi connectivity index (χ1) is 32.3. The van der Waals surface area contributed by atoms with Crippen LogP contribution in [0.2, 0.25) is 0 Å². The van der Waals surface area contributed by atoms with Gasteiger partial charge in [-0.1, -0.05) is 71.1 Å². The zero-order valence-electron chi connectivity index (χ0n) is 41.6. The van der Waals surface area contributed by atoms with E-state index in [-0.39, 0.29) is 60.6 Å². The molecular formula is C51H77N5O12. The van der Waals surface area contributed by atoms with E-state index in [0.717, 1.165) is 18.4 Å². The minimum atomic E-state index is -2.44. The van der Waals surface area contributed by atoms with Gasteiger partial charge in [-0.15, -0.1) is 5.10 Å². The predicted octanol–water partition coefficient (Wildman–Crippen LogP) is 5.39. The molecule has 2 bridgehead atoms. The lowest BCUT2D eigenvalue weighted by molar-refractivity contribution is -0.265. The van der Waals surface area contributed by atoms with Crippen molar-refractivity contribution in [3.8, 4) is 0 Å². The summed E-state index contributed by atoms with van der Waals surface area (Å²) in [6.07, 6.45) is 12.6. The third-order valence-electron chi connectivity index (χ3n) is 15.0. The normalized spacial score (nSPS) is 39.1. The van der Waals surface area contributed by atoms with E-state index in [2.05, 4.69) is 15.5 Å². The number of nitrogens with zero attached hydrogens (tertiary/aromatic N) is 5. The van der Waals surface area contributed by atoms with E-state index in [0.29, 0.717) is 51.4 Å². The molecule has 68 heavy (non-hydrogen) atoms. The SMILES string of the molecule is CO[C@H]1C[C@@H]2CC[C@@H](C)[C@@](O)(O2)C(=O)C(=O)N2CCCC[C@H]2C(=O)O[C@H]([C@H](C)C[C@@H]2CC[C@H](n3cnnn3)[C@H](OC)C2)CC(=O)[C@H](C)/C=C(\C)[C@@H](O)C(O)C(=O)[C@H](C)C[C@H](C)/C=C/C=C/C=C/1C. The predicted molar refractivity (Wildman–Crippen MR) is 251 cm³/mol. The number of carbonyl (C=O) groups excluding carboxylic acids is 5. The van der Waals surface area contributed by atoms with E-state index in [4.69, 9.17) is 18.9 Å². The molecule has 2 saturated heterocycles. The molecular weight excluding hydrogens is 875 g/mol. The fraction of sp³-hybridized carbons (Fsp3) is 0.725. The number of ketones is 3. The molecule has 0 aromatic carbocycles. The second kappa shape index (κ2) is 25.0. The van der Waals surface area contributed by atoms with E-state index in [1.54, 1.807) is 52.9 Å². The number of aromatic nitrogens is 4. The Hall–Kier alpha value is -4.26. The number of methoxy groups -OCH3 is 2. The number of rotatable bonds is 6. The van der Waals surface area contributed by atoms with Gasteiger partial charge in [-0.25, -0.2) is 9.48 Å². The summed E-state index contributed by atoms with van der Waals surface area (Å²) in [6, 6.07) is -1.22. The van der Waals surface area contributed by atoms with Crippen molar-refractivity contribution in [2.24, 2.45) is 35.5 Å². The number of aliphatic hydroxyl groups is 3. The molecule has 4 aliphatic rings. The molecule has 1 saturated carbocycles. The molecule has 3 aliphatic heterocycles. The van der Waals surface area contributed by atoms with E-state index in [1.807, 2.05) is 51.2 Å². The van der Waals surface area contributed by atoms with Gasteiger partial charge < -0.3 is 39.2 Å². The molecule has 3 N–H and O–H groups in total. The molecule has 17 heteroatoms. The van der Waals surface area contributed by atoms with Crippen LogP contribution in [0.4, 0.5) is 0 Å². The second-order valence-corrected chi connectivity index (χ2v) is 20.2. The summed E-state index contributed by atoms with van der Waals surface area (Å²) in [7, 11) is 3.22. The smallest absolute Gasteiger partial charge is 0.329 e. The monoisotopic (exact) mass is 952 g/mol. The Labute approximate surface area is 401 Å². The van der Waals surface area contributed by atoms with Crippen molar-refractivity contribution >= 4 is 29.2 Å². The second-order valence-electron chi connectivity index (χ2n) is 20.2. The van der Waals surface area contributed by atoms with Gasteiger partial charge in [0.2, 0.25) is 5.79 Å². The van der Waals surface area contributed by atoms with Crippen LogP contribution in [0.25, 0.3) is 0 Å². The van der Waals surface area contributed by atoms with Gasteiger partial charge in [-0.05, 0) is 117 Å². The fourth-order valence-electron chi connectivity index (χ4n) is 10.5. The van der Waals surface area contributed by atoms with Crippen molar-refractivity contribution in [3.63, 3.8) is 0 Å². The Kier molecular flexibility index (Phi) is 20.1. The molecule has 1 aliphatic carbocycles. The van der Waals surface area contributed by atoms with Crippen molar-refractivity contribution in [3.05, 3.63) is 53.9 Å². The largest absolute Gasteiger partial charge is 0.460 e. The Balaban J connectivity index is 1.45. The number of ether oxygens (including phenoxy) is 4. The maximum absolute atomic E-state index is 14.5. The zero-order chi connectivity index (χ0) is 49.9. The number of tetrazole rings is 1. The molecule has 4 heterocycles. The number of amides is 1. The van der Waals surface area contributed by atoms with Gasteiger partial charge in [0.15, 0.2) is 5.78 Å². The van der Waals surface area contributed by atoms with Gasteiger partial charge in [0, 0.05) is 51.4 Å². The average molecular weight is 952 g/mol. The molecule has 1 aromatic heterocycles. The number of carbonyl (C=O) groups is 5. The molecule has 5 rings (SSSR count). The van der Waals surface area contributed by atoms with Crippen molar-refractivity contribution in [1.82, 2.24) is 25.1 Å². The quantitative estimate of drug-likeness (QED) is 0.184. The first kappa shape index (κ1) is 54.7. The summed E-state index contributed by atoms with van der Waals surface area (Å²) < 4.78 is 25.9. The summed E-state index contributed by atoms with van der Waals surface area (Å²) in [5.74, 6) is -8.55. The van der Waals surface area contributed by atoms with Crippen LogP contribution in [0.1, 0.15) is 132 Å². The number of fused-ring (bicyclic) bond motifs is 3. The third-order valence-corrected chi connectivity index (χ3v) is 15.0. The number of cyclic esters (lactones) is 1. The van der Waals surface area contributed by atoms with E-state index in [1.165, 1.54) is 11.0 Å². The molecule has 15 atom stereocenters. The first-order valence-corrected chi connectivity index (χ1v) is 24.7. The number of esters is 1. The van der Waals surface area contributed by atoms with Crippen molar-refractivity contribution in [2.45, 2.75) is 180 Å². The number of Topliss-reactive ketones (excluding diaryl/α,β-unsaturated/α-hetero) is 3. The minimum Gasteiger partial charge on any atom is -0.460 e. The highest BCUT2D eigenvalue weighted by atomic mass is 16.6. The number of hydrogen-bond acceptors (Lipinski definition) is 15. The fourth-order valence-corrected chi connectivity index (χ4v) is 10.5. The maximum Gasteiger partial charge on any atom is 0.329 e. The number of hydrogen-bond donors (Lipinski definition) is 3. The van der Waals surface area contributed by atoms with Gasteiger partial charge >= 0.3 is 5.97 Å². The lowest BCUT2D eigenvalue weighted by Gasteiger charge is -2.42. The highest BCUT2D eigenvalue weighted by molar-refractivity contribution is 6.39. The Bertz CT molecular complexity index is 2000. The van der Waals surface area contributed by atoms with Crippen LogP contribution in [0.5, 0.6) is 0 Å². The summed E-state index contributed by atoms with van der Waals surface area (Å²) in [4.78, 5) is 71.7. The molecule has 1 amide bonds. The lowest BCUT2D eigenvalue weighted by atomic mass is 9.77. The maximum atomic E-state index is 14.5. The van der Waals surface area contributed by atoms with Crippen LogP contribution in [-0.4, -0.2) is 139 Å². The van der Waals surface area contributed by atoms with Crippen LogP contribution < -0.4 is 0 Å². The lowest BCUT2D eigenvalue weighted by Crippen LogP contribution is -2.61. The van der Waals surface area contributed by atoms with Crippen molar-refractivity contribution in [1.29, 1.82) is 0 Å². The summed E-state index contributed by atoms with van der Waals surface area (Å²) in [6.45, 7) is 12.5. The topological polar surface area (TPSA) is 230 Å². The highest BCUT2D eigenvalue weighted by Gasteiger charge is 2.53. The molecule has 17 nitrogen and oxygen atoms in total. The summed E-state index contributed by atoms with van der Waals surface area (Å²) in [5.41, 5.74) is 1.11. The average Bonchev–Trinajstić information content (AvgIpc) is 3.87. The van der Waals surface area contributed by atoms with E-state index in [9.17, 15) is 39.3 Å². The number of allylic oxidation sites excluding steroid dienone is 6. The van der Waals surface area contributed by atoms with E-state index >= 15 is 0 Å². The molecule has 1 unspecified atom stereocenters. The molecule has 0 spiro atoms. The minimum absolute atomic E-state index is 0.0388. The van der Waals surface area contributed by atoms with Crippen LogP contribution in [-0.2, 0) is 42.9 Å². The van der Waals surface area contributed by atoms with Crippen molar-refractivity contribution in [2.75, 3.05) is 20.8 Å². The van der Waals surface area contributed by atoms with E-state index < -0.39 is 83.5 Å². The van der Waals surface area contributed by atoms with Gasteiger partial charge in [0.1, 0.15) is 36.5 Å². The summed E-state index contributed by atoms with van der Waals surface area (Å²) >= 11 is 0. The molecule has 3 fully saturated rings. The first-order valence-electron chi connectivity index (χ1n) is 24.7. The molecule has 0 radical (unpaired) electrons. The Morgan fingerprint density at radius 1 is 0.882 bits per heavy atom. The molecule has 378 valence electrons. The van der Waals surface area contributed by atoms with Crippen LogP contribution in [0.15, 0.2) is 53.9 Å². The Morgan fingerprint density at radius 3 is 2.32 bits per heavy atom. The van der Waals surface area contributed by atoms with Crippen LogP contribution >= 0.6 is 0 Å². The van der Waals surface area contributed by atoms with Crippen LogP contribution in [0.3, 0.4) is 0 Å². The highest BCUT2D eigenvalue weighted by Crippen LogP contribution is 2.39. The van der Waals surface area contributed by atoms with Crippen LogP contribution in [0, 0.1) is 35.5 Å². The third kappa shape index (κ3) is 13.7. The standard InChI is InChI=1S/C51H77N5O12/c1-30-15-11-10-12-16-31(2)42(65-8)27-38-20-18-36(7)51(64,68-38)48(61)49(62)55-22-14-13-17-40(55)50(63)67-43(28-41(57)32(3)24-35(6)46(59)47(60)45(58)34(5)23-30)33(4)25-37-19-21-39(44(26-37)66-9)56-29-52-53-54-56/h10-12,15-16,24,29-30,32-34,36-40,42-44,46-47,59-60,64H,13-14,17-23,25-28H2,1-9H3/b12-10+,15-11+,31-16+,35-24+/t30-,32-,33-,34-,36-,37+,38+,39+,40+,42+,43+,44-,46-,47?,51-/m1/s1. The van der Waals surface area contributed by atoms with Gasteiger partial charge in [-0.3, -0.25) is 19.2 Å². The Morgan fingerprint density at radius 2 is 1.63 bits per heavy atom. The number of piperidine rings is 1. The van der Waals surface area contributed by atoms with Gasteiger partial charge in [0.25, 0.3) is 11.7 Å². The van der Waals surface area contributed by atoms with Gasteiger partial charge in [-0.2, -0.15) is 0 Å². The zero-order valence-corrected chi connectivity index (χ0v) is 41.6.